The van der Waals surface area contributed by atoms with Crippen LogP contribution in [-0.4, -0.2) is 45.0 Å². The van der Waals surface area contributed by atoms with E-state index in [4.69, 9.17) is 15.2 Å². The van der Waals surface area contributed by atoms with E-state index in [0.29, 0.717) is 19.8 Å². The minimum atomic E-state index is 0.274. The Morgan fingerprint density at radius 1 is 1.33 bits per heavy atom. The standard InChI is InChI=1S/C13H23N3O2/c1-11(10-18-3)16(6-7-17-2)13-5-4-12(8-14)15-9-13/h4-5,9,11H,6-8,10,14H2,1-3H3. The Balaban J connectivity index is 2.79. The van der Waals surface area contributed by atoms with Crippen LogP contribution in [0.4, 0.5) is 5.69 Å². The van der Waals surface area contributed by atoms with Gasteiger partial charge >= 0.3 is 0 Å². The summed E-state index contributed by atoms with van der Waals surface area (Å²) >= 11 is 0. The summed E-state index contributed by atoms with van der Waals surface area (Å²) < 4.78 is 10.4. The minimum Gasteiger partial charge on any atom is -0.383 e. The zero-order chi connectivity index (χ0) is 13.4. The van der Waals surface area contributed by atoms with E-state index >= 15 is 0 Å². The Bertz CT molecular complexity index is 330. The lowest BCUT2D eigenvalue weighted by molar-refractivity contribution is 0.171. The first-order valence-corrected chi connectivity index (χ1v) is 6.12. The Morgan fingerprint density at radius 2 is 2.11 bits per heavy atom. The molecule has 1 aromatic rings. The molecule has 2 N–H and O–H groups in total. The Hall–Kier alpha value is -1.17. The first-order valence-electron chi connectivity index (χ1n) is 6.12. The number of nitrogens with two attached hydrogens (primary N) is 1. The molecule has 0 saturated heterocycles. The molecule has 0 saturated carbocycles. The molecule has 0 amide bonds. The largest absolute Gasteiger partial charge is 0.383 e. The SMILES string of the molecule is COCCN(c1ccc(CN)nc1)C(C)COC. The number of hydrogen-bond acceptors (Lipinski definition) is 5. The maximum Gasteiger partial charge on any atom is 0.0663 e. The number of pyridine rings is 1. The van der Waals surface area contributed by atoms with Crippen LogP contribution in [0.3, 0.4) is 0 Å². The predicted molar refractivity (Wildman–Crippen MR) is 72.7 cm³/mol. The monoisotopic (exact) mass is 253 g/mol. The van der Waals surface area contributed by atoms with Crippen LogP contribution in [0, 0.1) is 0 Å². The highest BCUT2D eigenvalue weighted by molar-refractivity contribution is 5.45. The molecule has 1 atom stereocenters. The number of anilines is 1. The Kier molecular flexibility index (Phi) is 6.64. The third kappa shape index (κ3) is 4.25. The van der Waals surface area contributed by atoms with Gasteiger partial charge in [0.05, 0.1) is 30.8 Å². The van der Waals surface area contributed by atoms with Crippen LogP contribution in [0.15, 0.2) is 18.3 Å². The second-order valence-electron chi connectivity index (χ2n) is 4.20. The van der Waals surface area contributed by atoms with E-state index in [0.717, 1.165) is 17.9 Å². The fourth-order valence-corrected chi connectivity index (χ4v) is 1.83. The van der Waals surface area contributed by atoms with E-state index in [9.17, 15) is 0 Å². The number of rotatable bonds is 8. The van der Waals surface area contributed by atoms with Gasteiger partial charge in [-0.25, -0.2) is 0 Å². The van der Waals surface area contributed by atoms with Gasteiger partial charge < -0.3 is 20.1 Å². The molecule has 0 bridgehead atoms. The molecule has 0 aliphatic carbocycles. The summed E-state index contributed by atoms with van der Waals surface area (Å²) in [4.78, 5) is 6.54. The zero-order valence-electron chi connectivity index (χ0n) is 11.4. The molecule has 18 heavy (non-hydrogen) atoms. The summed E-state index contributed by atoms with van der Waals surface area (Å²) in [5.41, 5.74) is 7.50. The molecule has 1 unspecified atom stereocenters. The topological polar surface area (TPSA) is 60.6 Å². The Labute approximate surface area is 109 Å². The van der Waals surface area contributed by atoms with Crippen molar-refractivity contribution >= 4 is 5.69 Å². The summed E-state index contributed by atoms with van der Waals surface area (Å²) in [6.07, 6.45) is 1.85. The van der Waals surface area contributed by atoms with Gasteiger partial charge in [0.1, 0.15) is 0 Å². The second kappa shape index (κ2) is 8.02. The fraction of sp³-hybridized carbons (Fsp3) is 0.615. The van der Waals surface area contributed by atoms with Crippen LogP contribution >= 0.6 is 0 Å². The predicted octanol–water partition coefficient (Wildman–Crippen LogP) is 1.03. The molecule has 1 heterocycles. The van der Waals surface area contributed by atoms with Crippen molar-refractivity contribution in [2.24, 2.45) is 5.73 Å². The third-order valence-corrected chi connectivity index (χ3v) is 2.83. The van der Waals surface area contributed by atoms with Gasteiger partial charge in [-0.05, 0) is 19.1 Å². The molecule has 0 aliphatic heterocycles. The summed E-state index contributed by atoms with van der Waals surface area (Å²) in [6, 6.07) is 4.27. The van der Waals surface area contributed by atoms with Crippen molar-refractivity contribution in [2.75, 3.05) is 38.9 Å². The third-order valence-electron chi connectivity index (χ3n) is 2.83. The fourth-order valence-electron chi connectivity index (χ4n) is 1.83. The van der Waals surface area contributed by atoms with Crippen LogP contribution in [0.2, 0.25) is 0 Å². The van der Waals surface area contributed by atoms with E-state index < -0.39 is 0 Å². The lowest BCUT2D eigenvalue weighted by atomic mass is 10.2. The van der Waals surface area contributed by atoms with Gasteiger partial charge in [-0.1, -0.05) is 0 Å². The quantitative estimate of drug-likeness (QED) is 0.749. The van der Waals surface area contributed by atoms with Crippen LogP contribution in [-0.2, 0) is 16.0 Å². The van der Waals surface area contributed by atoms with Gasteiger partial charge in [0, 0.05) is 33.4 Å². The number of methoxy groups -OCH3 is 2. The summed E-state index contributed by atoms with van der Waals surface area (Å²) in [5.74, 6) is 0. The highest BCUT2D eigenvalue weighted by atomic mass is 16.5. The summed E-state index contributed by atoms with van der Waals surface area (Å²) in [5, 5.41) is 0. The molecule has 0 spiro atoms. The molecule has 5 heteroatoms. The van der Waals surface area contributed by atoms with Gasteiger partial charge in [0.25, 0.3) is 0 Å². The second-order valence-corrected chi connectivity index (χ2v) is 4.20. The molecule has 0 aliphatic rings. The van der Waals surface area contributed by atoms with Crippen molar-refractivity contribution in [1.29, 1.82) is 0 Å². The molecule has 1 aromatic heterocycles. The summed E-state index contributed by atoms with van der Waals surface area (Å²) in [6.45, 7) is 4.74. The maximum absolute atomic E-state index is 5.55. The van der Waals surface area contributed by atoms with Gasteiger partial charge in [-0.15, -0.1) is 0 Å². The average Bonchev–Trinajstić information content (AvgIpc) is 2.40. The maximum atomic E-state index is 5.55. The van der Waals surface area contributed by atoms with Crippen molar-refractivity contribution < 1.29 is 9.47 Å². The van der Waals surface area contributed by atoms with E-state index in [2.05, 4.69) is 16.8 Å². The van der Waals surface area contributed by atoms with E-state index in [-0.39, 0.29) is 6.04 Å². The smallest absolute Gasteiger partial charge is 0.0663 e. The van der Waals surface area contributed by atoms with Gasteiger partial charge in [-0.3, -0.25) is 4.98 Å². The number of aromatic nitrogens is 1. The van der Waals surface area contributed by atoms with Crippen LogP contribution < -0.4 is 10.6 Å². The minimum absolute atomic E-state index is 0.274. The molecule has 1 rings (SSSR count). The molecule has 102 valence electrons. The molecule has 5 nitrogen and oxygen atoms in total. The van der Waals surface area contributed by atoms with Crippen molar-refractivity contribution in [1.82, 2.24) is 4.98 Å². The first kappa shape index (κ1) is 14.9. The van der Waals surface area contributed by atoms with Crippen molar-refractivity contribution in [2.45, 2.75) is 19.5 Å². The number of ether oxygens (including phenoxy) is 2. The van der Waals surface area contributed by atoms with Crippen molar-refractivity contribution in [3.05, 3.63) is 24.0 Å². The molecule has 0 fully saturated rings. The highest BCUT2D eigenvalue weighted by Gasteiger charge is 2.14. The lowest BCUT2D eigenvalue weighted by Gasteiger charge is -2.30. The molecule has 0 radical (unpaired) electrons. The lowest BCUT2D eigenvalue weighted by Crippen LogP contribution is -2.38. The van der Waals surface area contributed by atoms with E-state index in [1.165, 1.54) is 0 Å². The number of nitrogens with zero attached hydrogens (tertiary/aromatic N) is 2. The van der Waals surface area contributed by atoms with E-state index in [1.807, 2.05) is 18.3 Å². The van der Waals surface area contributed by atoms with Crippen LogP contribution in [0.1, 0.15) is 12.6 Å². The van der Waals surface area contributed by atoms with Crippen LogP contribution in [0.5, 0.6) is 0 Å². The molecule has 0 aromatic carbocycles. The summed E-state index contributed by atoms with van der Waals surface area (Å²) in [7, 11) is 3.41. The van der Waals surface area contributed by atoms with E-state index in [1.54, 1.807) is 14.2 Å². The first-order chi connectivity index (χ1) is 8.72. The van der Waals surface area contributed by atoms with Crippen molar-refractivity contribution in [3.63, 3.8) is 0 Å². The van der Waals surface area contributed by atoms with Gasteiger partial charge in [0.15, 0.2) is 0 Å². The Morgan fingerprint density at radius 3 is 2.61 bits per heavy atom. The normalized spacial score (nSPS) is 12.4. The van der Waals surface area contributed by atoms with Gasteiger partial charge in [-0.2, -0.15) is 0 Å². The van der Waals surface area contributed by atoms with Crippen molar-refractivity contribution in [3.8, 4) is 0 Å². The number of hydrogen-bond donors (Lipinski definition) is 1. The average molecular weight is 253 g/mol. The molecular formula is C13H23N3O2. The zero-order valence-corrected chi connectivity index (χ0v) is 11.4. The van der Waals surface area contributed by atoms with Gasteiger partial charge in [0.2, 0.25) is 0 Å². The van der Waals surface area contributed by atoms with Crippen LogP contribution in [0.25, 0.3) is 0 Å². The highest BCUT2D eigenvalue weighted by Crippen LogP contribution is 2.16. The molecular weight excluding hydrogens is 230 g/mol.